The van der Waals surface area contributed by atoms with Crippen molar-refractivity contribution in [1.29, 1.82) is 0 Å². The third kappa shape index (κ3) is 4.80. The minimum absolute atomic E-state index is 0.0725. The van der Waals surface area contributed by atoms with Crippen molar-refractivity contribution in [2.75, 3.05) is 42.9 Å². The average molecular weight is 385 g/mol. The monoisotopic (exact) mass is 384 g/mol. The van der Waals surface area contributed by atoms with Gasteiger partial charge in [-0.3, -0.25) is 4.90 Å². The topological polar surface area (TPSA) is 47.6 Å². The van der Waals surface area contributed by atoms with Gasteiger partial charge in [0.1, 0.15) is 0 Å². The molecule has 5 nitrogen and oxygen atoms in total. The Morgan fingerprint density at radius 2 is 1.82 bits per heavy atom. The molecule has 2 aliphatic heterocycles. The summed E-state index contributed by atoms with van der Waals surface area (Å²) in [4.78, 5) is 17.5. The van der Waals surface area contributed by atoms with Crippen LogP contribution in [0.1, 0.15) is 56.9 Å². The number of benzene rings is 1. The number of carbonyl (C=O) groups excluding carboxylic acids is 1. The van der Waals surface area contributed by atoms with Crippen LogP contribution in [-0.4, -0.2) is 49.7 Å². The fourth-order valence-corrected chi connectivity index (χ4v) is 5.16. The van der Waals surface area contributed by atoms with Crippen molar-refractivity contribution in [3.8, 4) is 0 Å². The number of carbonyl (C=O) groups is 1. The van der Waals surface area contributed by atoms with Crippen molar-refractivity contribution in [2.24, 2.45) is 5.92 Å². The van der Waals surface area contributed by atoms with Crippen molar-refractivity contribution in [3.63, 3.8) is 0 Å². The zero-order valence-electron chi connectivity index (χ0n) is 17.4. The fraction of sp³-hybridized carbons (Fsp3) is 0.696. The molecule has 1 unspecified atom stereocenters. The van der Waals surface area contributed by atoms with Crippen molar-refractivity contribution in [1.82, 2.24) is 10.2 Å². The van der Waals surface area contributed by atoms with Gasteiger partial charge in [0.25, 0.3) is 0 Å². The van der Waals surface area contributed by atoms with Gasteiger partial charge in [0, 0.05) is 37.1 Å². The Labute approximate surface area is 169 Å². The molecular formula is C23H36N4O. The molecule has 28 heavy (non-hydrogen) atoms. The van der Waals surface area contributed by atoms with Gasteiger partial charge in [-0.05, 0) is 81.8 Å². The summed E-state index contributed by atoms with van der Waals surface area (Å²) in [7, 11) is 0. The highest BCUT2D eigenvalue weighted by atomic mass is 16.2. The molecule has 3 aliphatic rings. The Morgan fingerprint density at radius 3 is 2.57 bits per heavy atom. The first-order chi connectivity index (χ1) is 13.7. The van der Waals surface area contributed by atoms with E-state index in [-0.39, 0.29) is 6.03 Å². The van der Waals surface area contributed by atoms with Crippen LogP contribution in [0.4, 0.5) is 16.2 Å². The van der Waals surface area contributed by atoms with Gasteiger partial charge >= 0.3 is 6.03 Å². The highest BCUT2D eigenvalue weighted by Gasteiger charge is 2.29. The summed E-state index contributed by atoms with van der Waals surface area (Å²) in [5.74, 6) is 0.654. The summed E-state index contributed by atoms with van der Waals surface area (Å²) in [5, 5.41) is 6.11. The van der Waals surface area contributed by atoms with Gasteiger partial charge in [-0.2, -0.15) is 0 Å². The maximum atomic E-state index is 12.3. The van der Waals surface area contributed by atoms with Gasteiger partial charge in [-0.15, -0.1) is 0 Å². The average Bonchev–Trinajstić information content (AvgIpc) is 3.40. The second-order valence-electron chi connectivity index (χ2n) is 8.97. The Balaban J connectivity index is 1.28. The van der Waals surface area contributed by atoms with Crippen LogP contribution in [0.15, 0.2) is 18.2 Å². The number of nitrogens with one attached hydrogen (secondary N) is 2. The number of nitrogens with zero attached hydrogens (tertiary/aromatic N) is 2. The van der Waals surface area contributed by atoms with E-state index in [2.05, 4.69) is 45.6 Å². The summed E-state index contributed by atoms with van der Waals surface area (Å²) in [6, 6.07) is 7.09. The lowest BCUT2D eigenvalue weighted by molar-refractivity contribution is 0.247. The molecular weight excluding hydrogens is 348 g/mol. The molecule has 2 N–H and O–H groups in total. The van der Waals surface area contributed by atoms with Gasteiger partial charge < -0.3 is 15.5 Å². The summed E-state index contributed by atoms with van der Waals surface area (Å²) in [5.41, 5.74) is 3.34. The quantitative estimate of drug-likeness (QED) is 0.792. The molecule has 2 amide bonds. The lowest BCUT2D eigenvalue weighted by Gasteiger charge is -2.25. The minimum atomic E-state index is -0.0725. The lowest BCUT2D eigenvalue weighted by Crippen LogP contribution is -2.35. The highest BCUT2D eigenvalue weighted by Crippen LogP contribution is 2.28. The number of rotatable bonds is 5. The van der Waals surface area contributed by atoms with Crippen LogP contribution in [0.5, 0.6) is 0 Å². The zero-order chi connectivity index (χ0) is 19.3. The maximum absolute atomic E-state index is 12.3. The normalized spacial score (nSPS) is 23.9. The first kappa shape index (κ1) is 19.6. The molecule has 0 aromatic heterocycles. The first-order valence-electron chi connectivity index (χ1n) is 11.3. The number of likely N-dealkylation sites (tertiary alicyclic amines) is 1. The Kier molecular flexibility index (Phi) is 6.40. The van der Waals surface area contributed by atoms with Gasteiger partial charge in [0.2, 0.25) is 0 Å². The van der Waals surface area contributed by atoms with E-state index in [9.17, 15) is 4.79 Å². The van der Waals surface area contributed by atoms with Crippen LogP contribution in [-0.2, 0) is 0 Å². The van der Waals surface area contributed by atoms with Gasteiger partial charge in [0.15, 0.2) is 0 Å². The smallest absolute Gasteiger partial charge is 0.319 e. The summed E-state index contributed by atoms with van der Waals surface area (Å²) in [6.07, 6.45) is 10.5. The Hall–Kier alpha value is -1.75. The molecule has 1 atom stereocenters. The highest BCUT2D eigenvalue weighted by molar-refractivity contribution is 5.90. The van der Waals surface area contributed by atoms with E-state index in [4.69, 9.17) is 0 Å². The molecule has 4 rings (SSSR count). The SMILES string of the molecule is Cc1cc(N2CCC(N3CCCC3)C2)ccc1NC(=O)NCC1CCCCC1. The van der Waals surface area contributed by atoms with Gasteiger partial charge in [-0.25, -0.2) is 4.79 Å². The number of hydrogen-bond acceptors (Lipinski definition) is 3. The van der Waals surface area contributed by atoms with E-state index in [1.807, 2.05) is 0 Å². The van der Waals surface area contributed by atoms with Crippen molar-refractivity contribution >= 4 is 17.4 Å². The zero-order valence-corrected chi connectivity index (χ0v) is 17.4. The molecule has 5 heteroatoms. The summed E-state index contributed by atoms with van der Waals surface area (Å²) >= 11 is 0. The largest absolute Gasteiger partial charge is 0.370 e. The molecule has 1 saturated carbocycles. The van der Waals surface area contributed by atoms with E-state index >= 15 is 0 Å². The molecule has 1 aromatic rings. The van der Waals surface area contributed by atoms with Crippen molar-refractivity contribution in [2.45, 2.75) is 64.3 Å². The van der Waals surface area contributed by atoms with Crippen LogP contribution in [0.2, 0.25) is 0 Å². The van der Waals surface area contributed by atoms with Crippen molar-refractivity contribution < 1.29 is 4.79 Å². The van der Waals surface area contributed by atoms with Crippen LogP contribution in [0, 0.1) is 12.8 Å². The molecule has 0 radical (unpaired) electrons. The third-order valence-electron chi connectivity index (χ3n) is 6.92. The second-order valence-corrected chi connectivity index (χ2v) is 8.97. The number of amides is 2. The van der Waals surface area contributed by atoms with E-state index in [0.717, 1.165) is 30.9 Å². The second kappa shape index (κ2) is 9.17. The van der Waals surface area contributed by atoms with E-state index in [0.29, 0.717) is 12.0 Å². The van der Waals surface area contributed by atoms with E-state index < -0.39 is 0 Å². The van der Waals surface area contributed by atoms with Crippen LogP contribution >= 0.6 is 0 Å². The minimum Gasteiger partial charge on any atom is -0.370 e. The Morgan fingerprint density at radius 1 is 1.04 bits per heavy atom. The predicted molar refractivity (Wildman–Crippen MR) is 116 cm³/mol. The predicted octanol–water partition coefficient (Wildman–Crippen LogP) is 4.37. The molecule has 0 bridgehead atoms. The molecule has 2 saturated heterocycles. The van der Waals surface area contributed by atoms with E-state index in [1.54, 1.807) is 0 Å². The third-order valence-corrected chi connectivity index (χ3v) is 6.92. The van der Waals surface area contributed by atoms with Crippen LogP contribution < -0.4 is 15.5 Å². The molecule has 1 aromatic carbocycles. The number of aryl methyl sites for hydroxylation is 1. The molecule has 3 fully saturated rings. The number of anilines is 2. The van der Waals surface area contributed by atoms with Crippen molar-refractivity contribution in [3.05, 3.63) is 23.8 Å². The summed E-state index contributed by atoms with van der Waals surface area (Å²) in [6.45, 7) is 7.71. The van der Waals surface area contributed by atoms with Gasteiger partial charge in [0.05, 0.1) is 0 Å². The lowest BCUT2D eigenvalue weighted by atomic mass is 9.89. The molecule has 154 valence electrons. The van der Waals surface area contributed by atoms with Gasteiger partial charge in [-0.1, -0.05) is 19.3 Å². The number of urea groups is 1. The standard InChI is InChI=1S/C23H36N4O/c1-18-15-20(27-14-11-21(17-27)26-12-5-6-13-26)9-10-22(18)25-23(28)24-16-19-7-3-2-4-8-19/h9-10,15,19,21H,2-8,11-14,16-17H2,1H3,(H2,24,25,28). The first-order valence-corrected chi connectivity index (χ1v) is 11.3. The molecule has 2 heterocycles. The van der Waals surface area contributed by atoms with E-state index in [1.165, 1.54) is 70.1 Å². The fourth-order valence-electron chi connectivity index (χ4n) is 5.16. The molecule has 1 aliphatic carbocycles. The number of hydrogen-bond donors (Lipinski definition) is 2. The summed E-state index contributed by atoms with van der Waals surface area (Å²) < 4.78 is 0. The van der Waals surface area contributed by atoms with Crippen LogP contribution in [0.25, 0.3) is 0 Å². The Bertz CT molecular complexity index is 665. The van der Waals surface area contributed by atoms with Crippen LogP contribution in [0.3, 0.4) is 0 Å². The molecule has 0 spiro atoms. The maximum Gasteiger partial charge on any atom is 0.319 e.